The second kappa shape index (κ2) is 6.43. The third-order valence-corrected chi connectivity index (χ3v) is 5.68. The van der Waals surface area contributed by atoms with Crippen LogP contribution < -0.4 is 15.0 Å². The lowest BCUT2D eigenvalue weighted by atomic mass is 9.93. The maximum absolute atomic E-state index is 14.1. The summed E-state index contributed by atoms with van der Waals surface area (Å²) in [6.45, 7) is 4.61. The number of nitrogens with one attached hydrogen (secondary N) is 1. The van der Waals surface area contributed by atoms with Crippen molar-refractivity contribution in [3.8, 4) is 5.75 Å². The molecule has 2 aliphatic heterocycles. The summed E-state index contributed by atoms with van der Waals surface area (Å²) in [6.07, 6.45) is 5.28. The van der Waals surface area contributed by atoms with Crippen molar-refractivity contribution in [3.05, 3.63) is 48.0 Å². The van der Waals surface area contributed by atoms with Crippen molar-refractivity contribution in [1.29, 1.82) is 0 Å². The molecule has 1 atom stereocenters. The minimum atomic E-state index is -0.805. The number of anilines is 2. The fourth-order valence-electron chi connectivity index (χ4n) is 4.00. The second-order valence-electron chi connectivity index (χ2n) is 8.27. The highest BCUT2D eigenvalue weighted by atomic mass is 19.1. The summed E-state index contributed by atoms with van der Waals surface area (Å²) in [5, 5.41) is 7.22. The zero-order valence-electron chi connectivity index (χ0n) is 16.4. The number of fused-ring (bicyclic) bond motifs is 5. The Balaban J connectivity index is 1.70. The molecular formula is C21H22FN5O2. The van der Waals surface area contributed by atoms with E-state index in [9.17, 15) is 9.18 Å². The molecule has 0 unspecified atom stereocenters. The van der Waals surface area contributed by atoms with Gasteiger partial charge in [0.25, 0.3) is 0 Å². The molecule has 2 aromatic heterocycles. The van der Waals surface area contributed by atoms with Gasteiger partial charge in [-0.1, -0.05) is 0 Å². The number of benzene rings is 1. The van der Waals surface area contributed by atoms with Crippen molar-refractivity contribution in [1.82, 2.24) is 14.6 Å². The van der Waals surface area contributed by atoms with Crippen LogP contribution in [-0.4, -0.2) is 33.7 Å². The van der Waals surface area contributed by atoms with Crippen LogP contribution in [0.5, 0.6) is 5.75 Å². The van der Waals surface area contributed by atoms with Crippen LogP contribution in [0, 0.1) is 11.2 Å². The number of hydrogen-bond donors (Lipinski definition) is 1. The first-order chi connectivity index (χ1) is 13.9. The van der Waals surface area contributed by atoms with Crippen LogP contribution in [0.2, 0.25) is 0 Å². The average Bonchev–Trinajstić information content (AvgIpc) is 3.33. The summed E-state index contributed by atoms with van der Waals surface area (Å²) in [5.74, 6) is 0.877. The van der Waals surface area contributed by atoms with Gasteiger partial charge in [-0.25, -0.2) is 13.9 Å². The van der Waals surface area contributed by atoms with Crippen LogP contribution in [0.1, 0.15) is 38.3 Å². The zero-order chi connectivity index (χ0) is 20.2. The third kappa shape index (κ3) is 2.99. The summed E-state index contributed by atoms with van der Waals surface area (Å²) < 4.78 is 21.9. The van der Waals surface area contributed by atoms with Gasteiger partial charge in [-0.05, 0) is 51.0 Å². The predicted molar refractivity (Wildman–Crippen MR) is 107 cm³/mol. The molecule has 1 amide bonds. The van der Waals surface area contributed by atoms with Gasteiger partial charge >= 0.3 is 0 Å². The number of halogens is 1. The van der Waals surface area contributed by atoms with Crippen molar-refractivity contribution in [3.63, 3.8) is 0 Å². The lowest BCUT2D eigenvalue weighted by Crippen LogP contribution is -2.36. The van der Waals surface area contributed by atoms with Gasteiger partial charge in [0.1, 0.15) is 29.7 Å². The maximum atomic E-state index is 14.1. The smallest absolute Gasteiger partial charge is 0.233 e. The summed E-state index contributed by atoms with van der Waals surface area (Å²) in [4.78, 5) is 19.9. The van der Waals surface area contributed by atoms with Crippen molar-refractivity contribution in [2.24, 2.45) is 5.41 Å². The third-order valence-electron chi connectivity index (χ3n) is 5.68. The Kier molecular flexibility index (Phi) is 3.97. The molecule has 0 aliphatic carbocycles. The lowest BCUT2D eigenvalue weighted by Gasteiger charge is -2.28. The highest BCUT2D eigenvalue weighted by molar-refractivity contribution is 5.97. The molecular weight excluding hydrogens is 373 g/mol. The van der Waals surface area contributed by atoms with E-state index in [1.807, 2.05) is 26.1 Å². The molecule has 1 saturated heterocycles. The molecule has 150 valence electrons. The van der Waals surface area contributed by atoms with E-state index < -0.39 is 5.41 Å². The van der Waals surface area contributed by atoms with E-state index in [4.69, 9.17) is 9.72 Å². The zero-order valence-corrected chi connectivity index (χ0v) is 16.4. The molecule has 5 rings (SSSR count). The Morgan fingerprint density at radius 1 is 1.31 bits per heavy atom. The van der Waals surface area contributed by atoms with Gasteiger partial charge in [0.15, 0.2) is 5.65 Å². The number of ether oxygens (including phenoxy) is 1. The van der Waals surface area contributed by atoms with Gasteiger partial charge in [0.05, 0.1) is 17.7 Å². The number of amides is 1. The fraction of sp³-hybridized carbons (Fsp3) is 0.381. The molecule has 1 N–H and O–H groups in total. The average molecular weight is 395 g/mol. The van der Waals surface area contributed by atoms with E-state index >= 15 is 0 Å². The van der Waals surface area contributed by atoms with Gasteiger partial charge in [-0.2, -0.15) is 5.10 Å². The topological polar surface area (TPSA) is 71.8 Å². The minimum Gasteiger partial charge on any atom is -0.492 e. The number of rotatable bonds is 0. The molecule has 8 heteroatoms. The predicted octanol–water partition coefficient (Wildman–Crippen LogP) is 3.57. The molecule has 4 heterocycles. The van der Waals surface area contributed by atoms with Gasteiger partial charge in [-0.3, -0.25) is 4.79 Å². The van der Waals surface area contributed by atoms with E-state index in [-0.39, 0.29) is 24.4 Å². The Hall–Kier alpha value is -3.16. The molecule has 7 nitrogen and oxygen atoms in total. The molecule has 1 fully saturated rings. The first-order valence-corrected chi connectivity index (χ1v) is 9.77. The first-order valence-electron chi connectivity index (χ1n) is 9.77. The summed E-state index contributed by atoms with van der Waals surface area (Å²) in [6, 6.07) is 6.43. The molecule has 0 radical (unpaired) electrons. The van der Waals surface area contributed by atoms with Crippen molar-refractivity contribution < 1.29 is 13.9 Å². The highest BCUT2D eigenvalue weighted by Gasteiger charge is 2.34. The fourth-order valence-corrected chi connectivity index (χ4v) is 4.00. The van der Waals surface area contributed by atoms with Crippen molar-refractivity contribution in [2.75, 3.05) is 23.4 Å². The molecule has 3 aromatic rings. The van der Waals surface area contributed by atoms with Gasteiger partial charge in [0, 0.05) is 18.3 Å². The maximum Gasteiger partial charge on any atom is 0.233 e. The minimum absolute atomic E-state index is 0.0467. The van der Waals surface area contributed by atoms with Crippen LogP contribution in [0.25, 0.3) is 5.65 Å². The van der Waals surface area contributed by atoms with Crippen molar-refractivity contribution >= 4 is 23.1 Å². The summed E-state index contributed by atoms with van der Waals surface area (Å²) in [7, 11) is 0. The highest BCUT2D eigenvalue weighted by Crippen LogP contribution is 2.40. The Morgan fingerprint density at radius 3 is 3.03 bits per heavy atom. The van der Waals surface area contributed by atoms with E-state index in [0.717, 1.165) is 30.8 Å². The van der Waals surface area contributed by atoms with Crippen LogP contribution in [0.4, 0.5) is 15.9 Å². The summed E-state index contributed by atoms with van der Waals surface area (Å²) in [5.41, 5.74) is 1.12. The van der Waals surface area contributed by atoms with Crippen molar-refractivity contribution in [2.45, 2.75) is 32.7 Å². The Labute approximate surface area is 167 Å². The molecule has 0 saturated carbocycles. The first kappa shape index (κ1) is 17.9. The van der Waals surface area contributed by atoms with E-state index in [1.165, 1.54) is 12.1 Å². The largest absolute Gasteiger partial charge is 0.492 e. The van der Waals surface area contributed by atoms with E-state index in [0.29, 0.717) is 17.1 Å². The Morgan fingerprint density at radius 2 is 2.17 bits per heavy atom. The Bertz CT molecular complexity index is 1110. The monoisotopic (exact) mass is 395 g/mol. The van der Waals surface area contributed by atoms with Crippen LogP contribution in [-0.2, 0) is 4.79 Å². The number of carbonyl (C=O) groups is 1. The molecule has 29 heavy (non-hydrogen) atoms. The lowest BCUT2D eigenvalue weighted by molar-refractivity contribution is -0.125. The molecule has 1 aromatic carbocycles. The SMILES string of the molecule is CC1(C)COc2ccc(F)cc2[C@H]2CCCN2c2ccn3ncc(c3n2)NC1=O. The van der Waals surface area contributed by atoms with E-state index in [1.54, 1.807) is 16.8 Å². The summed E-state index contributed by atoms with van der Waals surface area (Å²) >= 11 is 0. The van der Waals surface area contributed by atoms with Crippen LogP contribution in [0.15, 0.2) is 36.7 Å². The normalized spacial score (nSPS) is 20.9. The van der Waals surface area contributed by atoms with Crippen LogP contribution in [0.3, 0.4) is 0 Å². The van der Waals surface area contributed by atoms with Gasteiger partial charge in [-0.15, -0.1) is 0 Å². The second-order valence-corrected chi connectivity index (χ2v) is 8.27. The van der Waals surface area contributed by atoms with Crippen LogP contribution >= 0.6 is 0 Å². The number of nitrogens with zero attached hydrogens (tertiary/aromatic N) is 4. The molecule has 0 spiro atoms. The van der Waals surface area contributed by atoms with Gasteiger partial charge in [0.2, 0.25) is 5.91 Å². The standard InChI is InChI=1S/C21H22FN5O2/c1-21(2)12-29-17-6-5-13(22)10-14(17)16-4-3-8-26(16)18-7-9-27-19(25-18)15(11-23-27)24-20(21)28/h5-7,9-11,16H,3-4,8,12H2,1-2H3,(H,24,28)/t16-/m1/s1. The number of carbonyl (C=O) groups excluding carboxylic acids is 1. The number of aromatic nitrogens is 3. The number of hydrogen-bond acceptors (Lipinski definition) is 5. The van der Waals surface area contributed by atoms with E-state index in [2.05, 4.69) is 15.3 Å². The molecule has 2 bridgehead atoms. The quantitative estimate of drug-likeness (QED) is 0.630. The van der Waals surface area contributed by atoms with Gasteiger partial charge < -0.3 is 15.0 Å². The molecule has 2 aliphatic rings.